The minimum Gasteiger partial charge on any atom is -0.341 e. The van der Waals surface area contributed by atoms with Crippen LogP contribution in [-0.2, 0) is 10.9 Å². The number of anilines is 1. The highest BCUT2D eigenvalue weighted by Crippen LogP contribution is 2.55. The molecule has 2 heterocycles. The van der Waals surface area contributed by atoms with E-state index in [0.717, 1.165) is 75.4 Å². The monoisotopic (exact) mass is 385 g/mol. The van der Waals surface area contributed by atoms with Gasteiger partial charge in [0.05, 0.1) is 6.10 Å². The molecule has 4 N–H and O–H groups in total. The van der Waals surface area contributed by atoms with Gasteiger partial charge in [-0.25, -0.2) is 9.97 Å². The van der Waals surface area contributed by atoms with E-state index < -0.39 is 7.51 Å². The summed E-state index contributed by atoms with van der Waals surface area (Å²) >= 11 is 1.32. The molecule has 1 aromatic rings. The van der Waals surface area contributed by atoms with Gasteiger partial charge < -0.3 is 14.3 Å². The van der Waals surface area contributed by atoms with Gasteiger partial charge in [0.2, 0.25) is 13.5 Å². The maximum atomic E-state index is 10.5. The number of aryl methyl sites for hydroxylation is 1. The lowest BCUT2D eigenvalue weighted by molar-refractivity contribution is 0.161. The predicted molar refractivity (Wildman–Crippen MR) is 103 cm³/mol. The molecule has 0 radical (unpaired) electrons. The van der Waals surface area contributed by atoms with E-state index in [1.54, 1.807) is 6.20 Å². The summed E-state index contributed by atoms with van der Waals surface area (Å²) in [6.07, 6.45) is 8.34. The van der Waals surface area contributed by atoms with E-state index >= 15 is 0 Å². The lowest BCUT2D eigenvalue weighted by atomic mass is 10.1. The molecule has 0 aromatic carbocycles. The van der Waals surface area contributed by atoms with Gasteiger partial charge in [0.15, 0.2) is 0 Å². The number of piperidine rings is 1. The van der Waals surface area contributed by atoms with Crippen LogP contribution in [0.3, 0.4) is 0 Å². The topological polar surface area (TPSA) is 108 Å². The van der Waals surface area contributed by atoms with E-state index in [2.05, 4.69) is 14.9 Å². The smallest absolute Gasteiger partial charge is 0.225 e. The van der Waals surface area contributed by atoms with Gasteiger partial charge >= 0.3 is 0 Å². The van der Waals surface area contributed by atoms with E-state index in [-0.39, 0.29) is 11.8 Å². The maximum absolute atomic E-state index is 10.5. The highest BCUT2D eigenvalue weighted by Gasteiger charge is 2.34. The first kappa shape index (κ1) is 19.1. The van der Waals surface area contributed by atoms with Gasteiger partial charge in [0.1, 0.15) is 0 Å². The molecule has 3 rings (SSSR count). The van der Waals surface area contributed by atoms with E-state index in [9.17, 15) is 4.89 Å². The van der Waals surface area contributed by atoms with Crippen molar-refractivity contribution in [2.24, 2.45) is 5.14 Å². The molecule has 0 amide bonds. The number of hydrogen-bond donors (Lipinski definition) is 3. The average Bonchev–Trinajstić information content (AvgIpc) is 3.16. The summed E-state index contributed by atoms with van der Waals surface area (Å²) in [6.45, 7) is 1.59. The van der Waals surface area contributed by atoms with Crippen LogP contribution in [0.4, 0.5) is 5.95 Å². The standard InChI is InChI=1S/C16H28N5O2PS/c17-24(22,15-3-1-2-4-15)23-14-6-10-21(11-7-14)16-19-9-5-13(20-16)8-12-25-18/h5,9,14-15H,1-4,6-8,10-12,18H2,(H2,17,22). The fourth-order valence-corrected chi connectivity index (χ4v) is 5.80. The Labute approximate surface area is 153 Å². The summed E-state index contributed by atoms with van der Waals surface area (Å²) in [5.41, 5.74) is 1.07. The van der Waals surface area contributed by atoms with E-state index in [4.69, 9.17) is 14.8 Å². The Kier molecular flexibility index (Phi) is 6.74. The van der Waals surface area contributed by atoms with Crippen LogP contribution in [0.2, 0.25) is 0 Å². The Bertz CT molecular complexity index is 606. The number of aromatic nitrogens is 2. The van der Waals surface area contributed by atoms with Gasteiger partial charge in [-0.1, -0.05) is 24.8 Å². The molecule has 1 atom stereocenters. The Morgan fingerprint density at radius 2 is 2.04 bits per heavy atom. The third-order valence-corrected chi connectivity index (χ3v) is 7.60. The van der Waals surface area contributed by atoms with Crippen molar-refractivity contribution >= 4 is 25.4 Å². The molecule has 1 aromatic heterocycles. The van der Waals surface area contributed by atoms with Crippen molar-refractivity contribution < 1.29 is 9.42 Å². The molecule has 7 nitrogen and oxygen atoms in total. The third kappa shape index (κ3) is 5.17. The van der Waals surface area contributed by atoms with Crippen LogP contribution in [0.15, 0.2) is 12.3 Å². The zero-order chi connectivity index (χ0) is 17.7. The SMILES string of the molecule is N=P(O)(OC1CCN(c2nccc(CCSN)n2)CC1)C1CCCC1. The summed E-state index contributed by atoms with van der Waals surface area (Å²) in [6, 6.07) is 1.93. The van der Waals surface area contributed by atoms with Gasteiger partial charge in [-0.05, 0) is 31.7 Å². The first-order valence-electron chi connectivity index (χ1n) is 9.02. The van der Waals surface area contributed by atoms with Gasteiger partial charge in [0.25, 0.3) is 0 Å². The van der Waals surface area contributed by atoms with Gasteiger partial charge in [-0.3, -0.25) is 10.3 Å². The van der Waals surface area contributed by atoms with Crippen LogP contribution in [0, 0.1) is 5.16 Å². The number of rotatable bonds is 7. The van der Waals surface area contributed by atoms with Crippen molar-refractivity contribution in [3.8, 4) is 0 Å². The summed E-state index contributed by atoms with van der Waals surface area (Å²) in [5.74, 6) is 1.60. The minimum atomic E-state index is -2.98. The summed E-state index contributed by atoms with van der Waals surface area (Å²) in [7, 11) is -2.98. The van der Waals surface area contributed by atoms with Crippen LogP contribution in [0.1, 0.15) is 44.2 Å². The van der Waals surface area contributed by atoms with Crippen LogP contribution >= 0.6 is 19.5 Å². The molecule has 2 aliphatic rings. The molecular weight excluding hydrogens is 357 g/mol. The Morgan fingerprint density at radius 1 is 1.32 bits per heavy atom. The first-order valence-corrected chi connectivity index (χ1v) is 11.8. The predicted octanol–water partition coefficient (Wildman–Crippen LogP) is 3.16. The third-order valence-electron chi connectivity index (χ3n) is 5.03. The number of nitrogens with two attached hydrogens (primary N) is 1. The Balaban J connectivity index is 1.52. The van der Waals surface area contributed by atoms with Crippen molar-refractivity contribution in [3.05, 3.63) is 18.0 Å². The van der Waals surface area contributed by atoms with E-state index in [0.29, 0.717) is 0 Å². The molecule has 0 bridgehead atoms. The van der Waals surface area contributed by atoms with Gasteiger partial charge in [0, 0.05) is 42.8 Å². The number of hydrogen-bond acceptors (Lipinski definition) is 7. The van der Waals surface area contributed by atoms with E-state index in [1.807, 2.05) is 6.07 Å². The lowest BCUT2D eigenvalue weighted by Crippen LogP contribution is -2.38. The second-order valence-electron chi connectivity index (χ2n) is 6.82. The van der Waals surface area contributed by atoms with Crippen molar-refractivity contribution in [1.29, 1.82) is 5.16 Å². The quantitative estimate of drug-likeness (QED) is 0.489. The number of nitrogens with one attached hydrogen (secondary N) is 1. The summed E-state index contributed by atoms with van der Waals surface area (Å²) < 4.78 is 5.87. The van der Waals surface area contributed by atoms with Crippen LogP contribution < -0.4 is 10.0 Å². The first-order chi connectivity index (χ1) is 12.1. The normalized spacial score (nSPS) is 22.2. The van der Waals surface area contributed by atoms with Crippen molar-refractivity contribution in [3.63, 3.8) is 0 Å². The highest BCUT2D eigenvalue weighted by atomic mass is 32.2. The second-order valence-corrected chi connectivity index (χ2v) is 9.75. The molecule has 1 saturated heterocycles. The molecular formula is C16H28N5O2PS. The van der Waals surface area contributed by atoms with Gasteiger partial charge in [-0.2, -0.15) is 0 Å². The molecule has 1 aliphatic heterocycles. The van der Waals surface area contributed by atoms with Crippen molar-refractivity contribution in [1.82, 2.24) is 9.97 Å². The van der Waals surface area contributed by atoms with Crippen molar-refractivity contribution in [2.45, 2.75) is 56.7 Å². The summed E-state index contributed by atoms with van der Waals surface area (Å²) in [5, 5.41) is 13.7. The van der Waals surface area contributed by atoms with Crippen molar-refractivity contribution in [2.75, 3.05) is 23.7 Å². The highest BCUT2D eigenvalue weighted by molar-refractivity contribution is 7.97. The molecule has 1 aliphatic carbocycles. The van der Waals surface area contributed by atoms with Gasteiger partial charge in [-0.15, -0.1) is 0 Å². The molecule has 9 heteroatoms. The van der Waals surface area contributed by atoms with Crippen LogP contribution in [-0.4, -0.2) is 45.5 Å². The molecule has 140 valence electrons. The largest absolute Gasteiger partial charge is 0.341 e. The lowest BCUT2D eigenvalue weighted by Gasteiger charge is -2.34. The maximum Gasteiger partial charge on any atom is 0.225 e. The molecule has 2 fully saturated rings. The molecule has 1 saturated carbocycles. The minimum absolute atomic E-state index is 0.0236. The van der Waals surface area contributed by atoms with Crippen LogP contribution in [0.25, 0.3) is 0 Å². The molecule has 0 spiro atoms. The average molecular weight is 385 g/mol. The zero-order valence-electron chi connectivity index (χ0n) is 14.5. The Morgan fingerprint density at radius 3 is 2.72 bits per heavy atom. The summed E-state index contributed by atoms with van der Waals surface area (Å²) in [4.78, 5) is 21.6. The second kappa shape index (κ2) is 8.82. The van der Waals surface area contributed by atoms with E-state index in [1.165, 1.54) is 11.9 Å². The zero-order valence-corrected chi connectivity index (χ0v) is 16.2. The molecule has 25 heavy (non-hydrogen) atoms. The Hall–Kier alpha value is -0.660. The fourth-order valence-electron chi connectivity index (χ4n) is 3.57. The number of nitrogens with zero attached hydrogens (tertiary/aromatic N) is 3. The molecule has 1 unspecified atom stereocenters. The van der Waals surface area contributed by atoms with Crippen LogP contribution in [0.5, 0.6) is 0 Å². The fraction of sp³-hybridized carbons (Fsp3) is 0.750.